The molecule has 1 aliphatic rings. The van der Waals surface area contributed by atoms with Gasteiger partial charge in [0.2, 0.25) is 6.29 Å². The molecule has 0 spiro atoms. The normalized spacial score (nSPS) is 23.6. The highest BCUT2D eigenvalue weighted by Gasteiger charge is 2.48. The minimum Gasteiger partial charge on any atom is -0.504 e. The molecule has 6 atom stereocenters. The summed E-state index contributed by atoms with van der Waals surface area (Å²) in [4.78, 5) is 23.7. The lowest BCUT2D eigenvalue weighted by Gasteiger charge is -2.38. The van der Waals surface area contributed by atoms with Gasteiger partial charge in [-0.1, -0.05) is 12.1 Å². The number of ketones is 1. The van der Waals surface area contributed by atoms with E-state index in [0.29, 0.717) is 25.0 Å². The van der Waals surface area contributed by atoms with Gasteiger partial charge in [0.15, 0.2) is 29.1 Å². The summed E-state index contributed by atoms with van der Waals surface area (Å²) in [7, 11) is 2.82. The number of Topliss-reactive ketones (excluding diaryl/α,β-unsaturated/α-hetero) is 1. The predicted octanol–water partition coefficient (Wildman–Crippen LogP) is 0.566. The Morgan fingerprint density at radius 2 is 1.54 bits per heavy atom. The van der Waals surface area contributed by atoms with Crippen molar-refractivity contribution in [3.05, 3.63) is 47.5 Å². The summed E-state index contributed by atoms with van der Waals surface area (Å²) in [5.74, 6) is -0.985. The topological polar surface area (TPSA) is 192 Å². The van der Waals surface area contributed by atoms with Crippen LogP contribution in [0.25, 0.3) is 0 Å². The van der Waals surface area contributed by atoms with Crippen molar-refractivity contribution in [3.63, 3.8) is 0 Å². The van der Waals surface area contributed by atoms with Crippen molar-refractivity contribution in [1.29, 1.82) is 0 Å². The predicted molar refractivity (Wildman–Crippen MR) is 135 cm³/mol. The van der Waals surface area contributed by atoms with Crippen LogP contribution in [0.5, 0.6) is 23.0 Å². The van der Waals surface area contributed by atoms with Gasteiger partial charge in [-0.3, -0.25) is 4.79 Å². The Kier molecular flexibility index (Phi) is 10.5. The van der Waals surface area contributed by atoms with E-state index < -0.39 is 42.8 Å². The molecular formula is C27H34O12. The van der Waals surface area contributed by atoms with Gasteiger partial charge >= 0.3 is 5.97 Å². The number of aliphatic hydroxyl groups excluding tert-OH is 4. The monoisotopic (exact) mass is 550 g/mol. The number of benzene rings is 2. The molecule has 2 aromatic rings. The Morgan fingerprint density at radius 1 is 0.897 bits per heavy atom. The summed E-state index contributed by atoms with van der Waals surface area (Å²) in [5, 5.41) is 59.1. The fourth-order valence-electron chi connectivity index (χ4n) is 4.20. The highest BCUT2D eigenvalue weighted by atomic mass is 16.7. The van der Waals surface area contributed by atoms with Crippen LogP contribution in [0.4, 0.5) is 0 Å². The number of hydrogen-bond donors (Lipinski definition) is 6. The molecule has 1 aliphatic heterocycles. The molecule has 0 radical (unpaired) electrons. The van der Waals surface area contributed by atoms with Gasteiger partial charge in [0, 0.05) is 12.8 Å². The highest BCUT2D eigenvalue weighted by Crippen LogP contribution is 2.32. The summed E-state index contributed by atoms with van der Waals surface area (Å²) in [6.07, 6.45) is -8.20. The van der Waals surface area contributed by atoms with Gasteiger partial charge in [-0.05, 0) is 54.7 Å². The number of carbonyl (C=O) groups is 2. The summed E-state index contributed by atoms with van der Waals surface area (Å²) in [6, 6.07) is 9.66. The minimum absolute atomic E-state index is 0.0105. The molecule has 12 nitrogen and oxygen atoms in total. The molecular weight excluding hydrogens is 516 g/mol. The van der Waals surface area contributed by atoms with Gasteiger partial charge in [-0.15, -0.1) is 0 Å². The van der Waals surface area contributed by atoms with Gasteiger partial charge in [0.1, 0.15) is 24.1 Å². The van der Waals surface area contributed by atoms with Gasteiger partial charge in [-0.2, -0.15) is 0 Å². The first kappa shape index (κ1) is 30.1. The lowest BCUT2D eigenvalue weighted by atomic mass is 9.99. The van der Waals surface area contributed by atoms with Crippen molar-refractivity contribution < 1.29 is 59.2 Å². The van der Waals surface area contributed by atoms with E-state index in [-0.39, 0.29) is 35.9 Å². The Hall–Kier alpha value is -3.42. The molecule has 1 heterocycles. The van der Waals surface area contributed by atoms with Crippen LogP contribution in [0.2, 0.25) is 0 Å². The van der Waals surface area contributed by atoms with Crippen LogP contribution in [0, 0.1) is 0 Å². The van der Waals surface area contributed by atoms with Crippen molar-refractivity contribution in [2.45, 2.75) is 68.9 Å². The number of aliphatic carboxylic acids is 1. The fourth-order valence-corrected chi connectivity index (χ4v) is 4.20. The first-order valence-corrected chi connectivity index (χ1v) is 12.4. The second-order valence-corrected chi connectivity index (χ2v) is 9.28. The van der Waals surface area contributed by atoms with Gasteiger partial charge < -0.3 is 49.6 Å². The number of phenolic OH excluding ortho intramolecular Hbond substituents is 1. The van der Waals surface area contributed by atoms with Crippen LogP contribution in [-0.4, -0.2) is 93.4 Å². The van der Waals surface area contributed by atoms with Gasteiger partial charge in [0.25, 0.3) is 0 Å². The molecule has 39 heavy (non-hydrogen) atoms. The molecule has 0 saturated carbocycles. The van der Waals surface area contributed by atoms with Gasteiger partial charge in [-0.25, -0.2) is 4.79 Å². The molecule has 1 unspecified atom stereocenters. The van der Waals surface area contributed by atoms with Gasteiger partial charge in [0.05, 0.1) is 20.3 Å². The zero-order valence-corrected chi connectivity index (χ0v) is 21.6. The maximum Gasteiger partial charge on any atom is 0.335 e. The van der Waals surface area contributed by atoms with E-state index >= 15 is 0 Å². The summed E-state index contributed by atoms with van der Waals surface area (Å²) in [5.41, 5.74) is 1.59. The number of ether oxygens (including phenoxy) is 4. The van der Waals surface area contributed by atoms with Crippen molar-refractivity contribution in [2.24, 2.45) is 0 Å². The number of hydrogen-bond acceptors (Lipinski definition) is 11. The standard InChI is InChI=1S/C27H34O12/c1-36-20-11-14(5-9-18(20)30)3-7-16(28)13-17(29)8-4-15-6-10-19(21(12-15)37-2)38-27-24(33)22(31)23(32)25(39-27)26(34)35/h5-6,9-12,16,22-25,27-28,30-33H,3-4,7-8,13H2,1-2H3,(H,34,35)/t16?,22-,23-,24+,25-,27+/m0/s1. The molecule has 1 fully saturated rings. The van der Waals surface area contributed by atoms with Crippen LogP contribution in [0.1, 0.15) is 30.4 Å². The number of aromatic hydroxyl groups is 1. The van der Waals surface area contributed by atoms with Crippen LogP contribution in [0.3, 0.4) is 0 Å². The summed E-state index contributed by atoms with van der Waals surface area (Å²) < 4.78 is 21.1. The van der Waals surface area contributed by atoms with Crippen LogP contribution in [0.15, 0.2) is 36.4 Å². The molecule has 0 bridgehead atoms. The number of methoxy groups -OCH3 is 2. The average Bonchev–Trinajstić information content (AvgIpc) is 2.91. The molecule has 214 valence electrons. The number of carboxylic acid groups (broad SMARTS) is 1. The quantitative estimate of drug-likeness (QED) is 0.203. The van der Waals surface area contributed by atoms with E-state index in [0.717, 1.165) is 11.1 Å². The Bertz CT molecular complexity index is 1140. The van der Waals surface area contributed by atoms with Crippen molar-refractivity contribution in [2.75, 3.05) is 14.2 Å². The van der Waals surface area contributed by atoms with E-state index in [1.807, 2.05) is 0 Å². The SMILES string of the molecule is COc1cc(CCC(O)CC(=O)CCc2ccc(O[C@@H]3O[C@H](C(=O)O)[C@@H](O)[C@H](O)[C@H]3O)c(OC)c2)ccc1O. The van der Waals surface area contributed by atoms with E-state index in [2.05, 4.69) is 0 Å². The molecule has 0 aromatic heterocycles. The maximum absolute atomic E-state index is 12.4. The molecule has 3 rings (SSSR count). The third-order valence-electron chi connectivity index (χ3n) is 6.45. The first-order chi connectivity index (χ1) is 18.5. The number of aliphatic hydroxyl groups is 4. The van der Waals surface area contributed by atoms with Crippen LogP contribution < -0.4 is 14.2 Å². The molecule has 1 saturated heterocycles. The number of rotatable bonds is 13. The summed E-state index contributed by atoms with van der Waals surface area (Å²) in [6.45, 7) is 0. The van der Waals surface area contributed by atoms with E-state index in [1.165, 1.54) is 26.4 Å². The van der Waals surface area contributed by atoms with Crippen molar-refractivity contribution in [1.82, 2.24) is 0 Å². The summed E-state index contributed by atoms with van der Waals surface area (Å²) >= 11 is 0. The lowest BCUT2D eigenvalue weighted by molar-refractivity contribution is -0.271. The number of carbonyl (C=O) groups excluding carboxylic acids is 1. The number of phenols is 1. The average molecular weight is 551 g/mol. The zero-order valence-electron chi connectivity index (χ0n) is 21.6. The smallest absolute Gasteiger partial charge is 0.335 e. The second-order valence-electron chi connectivity index (χ2n) is 9.28. The third kappa shape index (κ3) is 7.80. The van der Waals surface area contributed by atoms with Crippen LogP contribution >= 0.6 is 0 Å². The van der Waals surface area contributed by atoms with Crippen LogP contribution in [-0.2, 0) is 27.2 Å². The van der Waals surface area contributed by atoms with E-state index in [9.17, 15) is 40.2 Å². The van der Waals surface area contributed by atoms with E-state index in [1.54, 1.807) is 24.3 Å². The van der Waals surface area contributed by atoms with Crippen molar-refractivity contribution >= 4 is 11.8 Å². The van der Waals surface area contributed by atoms with E-state index in [4.69, 9.17) is 18.9 Å². The maximum atomic E-state index is 12.4. The molecule has 0 aliphatic carbocycles. The Labute approximate surface area is 224 Å². The molecule has 6 N–H and O–H groups in total. The Balaban J connectivity index is 1.52. The molecule has 0 amide bonds. The third-order valence-corrected chi connectivity index (χ3v) is 6.45. The second kappa shape index (κ2) is 13.6. The first-order valence-electron chi connectivity index (χ1n) is 12.4. The zero-order chi connectivity index (χ0) is 28.7. The molecule has 12 heteroatoms. The number of carboxylic acids is 1. The molecule has 2 aromatic carbocycles. The largest absolute Gasteiger partial charge is 0.504 e. The van der Waals surface area contributed by atoms with Crippen molar-refractivity contribution in [3.8, 4) is 23.0 Å². The minimum atomic E-state index is -1.84. The fraction of sp³-hybridized carbons (Fsp3) is 0.481. The number of aryl methyl sites for hydroxylation is 2. The highest BCUT2D eigenvalue weighted by molar-refractivity contribution is 5.79. The lowest BCUT2D eigenvalue weighted by Crippen LogP contribution is -2.61. The Morgan fingerprint density at radius 3 is 2.21 bits per heavy atom.